The van der Waals surface area contributed by atoms with Crippen molar-refractivity contribution in [3.05, 3.63) is 0 Å². The second kappa shape index (κ2) is 12.8. The Bertz CT molecular complexity index is 170. The molecule has 0 unspecified atom stereocenters. The van der Waals surface area contributed by atoms with E-state index in [2.05, 4.69) is 14.1 Å². The lowest BCUT2D eigenvalue weighted by Crippen LogP contribution is -2.42. The number of hydrogen-bond acceptors (Lipinski definition) is 4. The molecule has 0 N–H and O–H groups in total. The Labute approximate surface area is 118 Å². The molecular formula is C14H32NO4+. The molecule has 0 spiro atoms. The van der Waals surface area contributed by atoms with Gasteiger partial charge >= 0.3 is 0 Å². The van der Waals surface area contributed by atoms with Crippen LogP contribution >= 0.6 is 0 Å². The summed E-state index contributed by atoms with van der Waals surface area (Å²) in [5.41, 5.74) is 0. The second-order valence-electron chi connectivity index (χ2n) is 5.30. The number of nitrogens with zero attached hydrogens (tertiary/aromatic N) is 1. The van der Waals surface area contributed by atoms with Gasteiger partial charge in [0.2, 0.25) is 0 Å². The molecule has 0 aliphatic rings. The average molecular weight is 278 g/mol. The van der Waals surface area contributed by atoms with Crippen LogP contribution in [-0.4, -0.2) is 85.5 Å². The zero-order chi connectivity index (χ0) is 14.4. The van der Waals surface area contributed by atoms with Gasteiger partial charge in [-0.2, -0.15) is 0 Å². The van der Waals surface area contributed by atoms with E-state index in [1.807, 2.05) is 0 Å². The molecular weight excluding hydrogens is 246 g/mol. The molecule has 0 aromatic heterocycles. The van der Waals surface area contributed by atoms with Crippen LogP contribution in [0, 0.1) is 0 Å². The Hall–Kier alpha value is -0.200. The van der Waals surface area contributed by atoms with E-state index in [-0.39, 0.29) is 0 Å². The average Bonchev–Trinajstić information content (AvgIpc) is 2.38. The van der Waals surface area contributed by atoms with Gasteiger partial charge in [-0.25, -0.2) is 0 Å². The summed E-state index contributed by atoms with van der Waals surface area (Å²) in [5, 5.41) is 0. The first-order chi connectivity index (χ1) is 9.12. The van der Waals surface area contributed by atoms with Crippen LogP contribution in [0.2, 0.25) is 0 Å². The van der Waals surface area contributed by atoms with Crippen molar-refractivity contribution < 1.29 is 23.4 Å². The third-order valence-electron chi connectivity index (χ3n) is 2.97. The van der Waals surface area contributed by atoms with Crippen molar-refractivity contribution in [2.45, 2.75) is 12.8 Å². The molecule has 5 nitrogen and oxygen atoms in total. The molecule has 0 rings (SSSR count). The van der Waals surface area contributed by atoms with Crippen molar-refractivity contribution in [2.75, 3.05) is 81.0 Å². The maximum absolute atomic E-state index is 5.47. The minimum atomic E-state index is 0.678. The van der Waals surface area contributed by atoms with Gasteiger partial charge in [0.1, 0.15) is 0 Å². The molecule has 0 heterocycles. The number of hydrogen-bond donors (Lipinski definition) is 0. The van der Waals surface area contributed by atoms with Crippen molar-refractivity contribution >= 4 is 0 Å². The molecule has 0 saturated heterocycles. The van der Waals surface area contributed by atoms with Crippen LogP contribution in [0.4, 0.5) is 0 Å². The van der Waals surface area contributed by atoms with Crippen LogP contribution in [0.5, 0.6) is 0 Å². The van der Waals surface area contributed by atoms with Crippen LogP contribution in [0.15, 0.2) is 0 Å². The highest BCUT2D eigenvalue weighted by atomic mass is 16.5. The van der Waals surface area contributed by atoms with E-state index in [9.17, 15) is 0 Å². The zero-order valence-corrected chi connectivity index (χ0v) is 13.2. The smallest absolute Gasteiger partial charge is 0.0804 e. The topological polar surface area (TPSA) is 36.9 Å². The predicted octanol–water partition coefficient (Wildman–Crippen LogP) is 1.17. The highest BCUT2D eigenvalue weighted by Gasteiger charge is 2.13. The Balaban J connectivity index is 3.36. The summed E-state index contributed by atoms with van der Waals surface area (Å²) in [4.78, 5) is 0. The quantitative estimate of drug-likeness (QED) is 0.353. The highest BCUT2D eigenvalue weighted by molar-refractivity contribution is 4.41. The summed E-state index contributed by atoms with van der Waals surface area (Å²) in [6, 6.07) is 0. The fourth-order valence-corrected chi connectivity index (χ4v) is 1.79. The zero-order valence-electron chi connectivity index (χ0n) is 13.2. The van der Waals surface area contributed by atoms with Crippen molar-refractivity contribution in [3.8, 4) is 0 Å². The van der Waals surface area contributed by atoms with E-state index < -0.39 is 0 Å². The van der Waals surface area contributed by atoms with E-state index in [1.54, 1.807) is 14.2 Å². The van der Waals surface area contributed by atoms with E-state index in [4.69, 9.17) is 18.9 Å². The summed E-state index contributed by atoms with van der Waals surface area (Å²) < 4.78 is 21.8. The molecule has 0 aromatic rings. The van der Waals surface area contributed by atoms with Gasteiger partial charge in [-0.3, -0.25) is 0 Å². The van der Waals surface area contributed by atoms with Crippen LogP contribution in [-0.2, 0) is 18.9 Å². The van der Waals surface area contributed by atoms with Gasteiger partial charge in [0.15, 0.2) is 0 Å². The molecule has 0 radical (unpaired) electrons. The van der Waals surface area contributed by atoms with Crippen molar-refractivity contribution in [2.24, 2.45) is 0 Å². The minimum Gasteiger partial charge on any atom is -0.382 e. The lowest BCUT2D eigenvalue weighted by atomic mass is 10.3. The van der Waals surface area contributed by atoms with Gasteiger partial charge in [-0.1, -0.05) is 0 Å². The summed E-state index contributed by atoms with van der Waals surface area (Å²) in [6.07, 6.45) is 2.17. The van der Waals surface area contributed by atoms with Gasteiger partial charge in [0.25, 0.3) is 0 Å². The molecule has 0 atom stereocenters. The van der Waals surface area contributed by atoms with Gasteiger partial charge < -0.3 is 23.4 Å². The Morgan fingerprint density at radius 2 is 1.05 bits per heavy atom. The fourth-order valence-electron chi connectivity index (χ4n) is 1.79. The molecule has 0 aliphatic carbocycles. The van der Waals surface area contributed by atoms with E-state index in [0.29, 0.717) is 26.4 Å². The number of rotatable bonds is 14. The SMILES string of the molecule is COCCOCCC[N+](C)(C)CCCOCCOC. The molecule has 0 aliphatic heterocycles. The number of ether oxygens (including phenoxy) is 4. The van der Waals surface area contributed by atoms with Crippen LogP contribution in [0.1, 0.15) is 12.8 Å². The summed E-state index contributed by atoms with van der Waals surface area (Å²) in [5.74, 6) is 0. The van der Waals surface area contributed by atoms with Gasteiger partial charge in [-0.05, 0) is 0 Å². The van der Waals surface area contributed by atoms with Crippen LogP contribution < -0.4 is 0 Å². The molecule has 5 heteroatoms. The second-order valence-corrected chi connectivity index (χ2v) is 5.30. The predicted molar refractivity (Wildman–Crippen MR) is 76.5 cm³/mol. The third-order valence-corrected chi connectivity index (χ3v) is 2.97. The molecule has 0 fully saturated rings. The molecule has 19 heavy (non-hydrogen) atoms. The van der Waals surface area contributed by atoms with E-state index in [0.717, 1.165) is 43.6 Å². The van der Waals surface area contributed by atoms with Gasteiger partial charge in [0, 0.05) is 27.1 Å². The molecule has 116 valence electrons. The van der Waals surface area contributed by atoms with Crippen LogP contribution in [0.25, 0.3) is 0 Å². The monoisotopic (exact) mass is 278 g/mol. The summed E-state index contributed by atoms with van der Waals surface area (Å²) >= 11 is 0. The minimum absolute atomic E-state index is 0.678. The molecule has 0 amide bonds. The van der Waals surface area contributed by atoms with Crippen molar-refractivity contribution in [3.63, 3.8) is 0 Å². The summed E-state index contributed by atoms with van der Waals surface area (Å²) in [6.45, 7) is 6.63. The van der Waals surface area contributed by atoms with Gasteiger partial charge in [0.05, 0.1) is 66.8 Å². The van der Waals surface area contributed by atoms with Crippen LogP contribution in [0.3, 0.4) is 0 Å². The largest absolute Gasteiger partial charge is 0.382 e. The normalized spacial score (nSPS) is 12.0. The number of quaternary nitrogens is 1. The Morgan fingerprint density at radius 3 is 1.42 bits per heavy atom. The maximum atomic E-state index is 5.47. The molecule has 0 saturated carbocycles. The molecule has 0 bridgehead atoms. The Kier molecular flexibility index (Phi) is 12.7. The first kappa shape index (κ1) is 18.8. The standard InChI is InChI=1S/C14H32NO4/c1-15(2,7-5-9-18-13-11-16-3)8-6-10-19-14-12-17-4/h5-14H2,1-4H3/q+1. The maximum Gasteiger partial charge on any atom is 0.0804 e. The van der Waals surface area contributed by atoms with E-state index in [1.165, 1.54) is 0 Å². The highest BCUT2D eigenvalue weighted by Crippen LogP contribution is 2.02. The summed E-state index contributed by atoms with van der Waals surface area (Å²) in [7, 11) is 7.89. The van der Waals surface area contributed by atoms with Crippen molar-refractivity contribution in [1.82, 2.24) is 0 Å². The Morgan fingerprint density at radius 1 is 0.632 bits per heavy atom. The van der Waals surface area contributed by atoms with Crippen molar-refractivity contribution in [1.29, 1.82) is 0 Å². The van der Waals surface area contributed by atoms with Gasteiger partial charge in [-0.15, -0.1) is 0 Å². The molecule has 0 aromatic carbocycles. The lowest BCUT2D eigenvalue weighted by molar-refractivity contribution is -0.890. The van der Waals surface area contributed by atoms with E-state index >= 15 is 0 Å². The fraction of sp³-hybridized carbons (Fsp3) is 1.00. The third kappa shape index (κ3) is 14.0. The lowest BCUT2D eigenvalue weighted by Gasteiger charge is -2.29. The number of methoxy groups -OCH3 is 2. The first-order valence-electron chi connectivity index (χ1n) is 7.08. The first-order valence-corrected chi connectivity index (χ1v) is 7.08.